The average molecular weight is 322 g/mol. The number of benzene rings is 1. The molecule has 3 aromatic rings. The zero-order valence-electron chi connectivity index (χ0n) is 13.2. The number of aromatic amines is 1. The van der Waals surface area contributed by atoms with Crippen LogP contribution in [0.25, 0.3) is 10.9 Å². The predicted octanol–water partition coefficient (Wildman–Crippen LogP) is 3.06. The Morgan fingerprint density at radius 1 is 1.21 bits per heavy atom. The Morgan fingerprint density at radius 3 is 3.00 bits per heavy atom. The molecule has 1 aliphatic heterocycles. The second kappa shape index (κ2) is 5.19. The molecule has 1 unspecified atom stereocenters. The quantitative estimate of drug-likeness (QED) is 0.804. The van der Waals surface area contributed by atoms with Gasteiger partial charge in [0.1, 0.15) is 0 Å². The van der Waals surface area contributed by atoms with Gasteiger partial charge in [-0.15, -0.1) is 0 Å². The first-order valence-corrected chi connectivity index (χ1v) is 8.48. The van der Waals surface area contributed by atoms with Crippen molar-refractivity contribution in [1.82, 2.24) is 20.0 Å². The number of fused-ring (bicyclic) bond motifs is 1. The van der Waals surface area contributed by atoms with Crippen LogP contribution in [0.4, 0.5) is 0 Å². The van der Waals surface area contributed by atoms with E-state index in [0.29, 0.717) is 12.5 Å². The number of hydrogen-bond donors (Lipinski definition) is 1. The number of aromatic nitrogens is 3. The molecule has 1 amide bonds. The summed E-state index contributed by atoms with van der Waals surface area (Å²) in [7, 11) is 0. The minimum atomic E-state index is 0.0755. The molecule has 0 bridgehead atoms. The van der Waals surface area contributed by atoms with Crippen molar-refractivity contribution in [3.05, 3.63) is 47.7 Å². The van der Waals surface area contributed by atoms with Crippen LogP contribution in [0.5, 0.6) is 0 Å². The van der Waals surface area contributed by atoms with E-state index in [-0.39, 0.29) is 11.8 Å². The number of nitrogens with one attached hydrogen (secondary N) is 1. The van der Waals surface area contributed by atoms with Crippen molar-refractivity contribution in [2.75, 3.05) is 13.1 Å². The molecule has 0 spiro atoms. The largest absolute Gasteiger partial charge is 0.361 e. The first kappa shape index (κ1) is 13.8. The van der Waals surface area contributed by atoms with Gasteiger partial charge in [-0.05, 0) is 43.5 Å². The fraction of sp³-hybridized carbons (Fsp3) is 0.389. The lowest BCUT2D eigenvalue weighted by Crippen LogP contribution is -2.28. The van der Waals surface area contributed by atoms with Gasteiger partial charge in [-0.1, -0.05) is 5.16 Å². The maximum absolute atomic E-state index is 12.8. The number of likely N-dealkylation sites (tertiary alicyclic amines) is 1. The summed E-state index contributed by atoms with van der Waals surface area (Å²) in [5.41, 5.74) is 1.78. The molecule has 6 nitrogen and oxygen atoms in total. The molecule has 0 radical (unpaired) electrons. The summed E-state index contributed by atoms with van der Waals surface area (Å²) in [5.74, 6) is 2.26. The number of carbonyl (C=O) groups is 1. The van der Waals surface area contributed by atoms with E-state index < -0.39 is 0 Å². The summed E-state index contributed by atoms with van der Waals surface area (Å²) >= 11 is 0. The van der Waals surface area contributed by atoms with Crippen LogP contribution < -0.4 is 0 Å². The second-order valence-electron chi connectivity index (χ2n) is 6.78. The third-order valence-corrected chi connectivity index (χ3v) is 5.02. The number of rotatable bonds is 3. The molecule has 1 aromatic carbocycles. The number of nitrogens with zero attached hydrogens (tertiary/aromatic N) is 3. The van der Waals surface area contributed by atoms with Gasteiger partial charge >= 0.3 is 0 Å². The Labute approximate surface area is 138 Å². The van der Waals surface area contributed by atoms with Crippen LogP contribution in [0.3, 0.4) is 0 Å². The highest BCUT2D eigenvalue weighted by molar-refractivity contribution is 5.98. The summed E-state index contributed by atoms with van der Waals surface area (Å²) in [6.45, 7) is 1.40. The summed E-state index contributed by atoms with van der Waals surface area (Å²) in [6.07, 6.45) is 5.08. The van der Waals surface area contributed by atoms with Gasteiger partial charge in [0.2, 0.25) is 5.89 Å². The first-order chi connectivity index (χ1) is 11.8. The average Bonchev–Trinajstić information content (AvgIpc) is 3.06. The highest BCUT2D eigenvalue weighted by atomic mass is 16.5. The van der Waals surface area contributed by atoms with Crippen LogP contribution in [-0.4, -0.2) is 39.0 Å². The molecule has 122 valence electrons. The minimum Gasteiger partial charge on any atom is -0.361 e. The second-order valence-corrected chi connectivity index (χ2v) is 6.78. The summed E-state index contributed by atoms with van der Waals surface area (Å²) in [6, 6.07) is 7.77. The standard InChI is InChI=1S/C18H18N4O2/c23-18(13-3-4-15-12(9-13)5-7-19-15)22-8-6-14(10-22)16-20-17(24-21-16)11-1-2-11/h3-5,7,9,11,14,19H,1-2,6,8,10H2. The molecule has 2 aromatic heterocycles. The van der Waals surface area contributed by atoms with Crippen molar-refractivity contribution in [2.24, 2.45) is 0 Å². The Kier molecular flexibility index (Phi) is 2.98. The van der Waals surface area contributed by atoms with Crippen LogP contribution >= 0.6 is 0 Å². The first-order valence-electron chi connectivity index (χ1n) is 8.48. The lowest BCUT2D eigenvalue weighted by atomic mass is 10.1. The molecular weight excluding hydrogens is 304 g/mol. The van der Waals surface area contributed by atoms with Crippen LogP contribution in [0.1, 0.15) is 53.2 Å². The van der Waals surface area contributed by atoms with Crippen molar-refractivity contribution in [3.63, 3.8) is 0 Å². The van der Waals surface area contributed by atoms with Crippen molar-refractivity contribution >= 4 is 16.8 Å². The molecule has 1 aliphatic carbocycles. The van der Waals surface area contributed by atoms with Gasteiger partial charge in [0.25, 0.3) is 5.91 Å². The lowest BCUT2D eigenvalue weighted by molar-refractivity contribution is 0.0790. The van der Waals surface area contributed by atoms with E-state index in [2.05, 4.69) is 15.1 Å². The van der Waals surface area contributed by atoms with E-state index in [0.717, 1.165) is 54.0 Å². The van der Waals surface area contributed by atoms with Crippen LogP contribution in [-0.2, 0) is 0 Å². The van der Waals surface area contributed by atoms with E-state index in [9.17, 15) is 4.79 Å². The SMILES string of the molecule is O=C(c1ccc2[nH]ccc2c1)N1CCC(c2noc(C3CC3)n2)C1. The highest BCUT2D eigenvalue weighted by Gasteiger charge is 2.34. The molecule has 2 aliphatic rings. The molecular formula is C18H18N4O2. The normalized spacial score (nSPS) is 20.8. The van der Waals surface area contributed by atoms with Crippen LogP contribution in [0.15, 0.2) is 35.0 Å². The fourth-order valence-electron chi connectivity index (χ4n) is 3.43. The molecule has 3 heterocycles. The lowest BCUT2D eigenvalue weighted by Gasteiger charge is -2.16. The van der Waals surface area contributed by atoms with Gasteiger partial charge < -0.3 is 14.4 Å². The maximum atomic E-state index is 12.8. The van der Waals surface area contributed by atoms with Gasteiger partial charge in [-0.3, -0.25) is 4.79 Å². The Balaban J connectivity index is 1.32. The molecule has 6 heteroatoms. The Hall–Kier alpha value is -2.63. The Morgan fingerprint density at radius 2 is 2.12 bits per heavy atom. The van der Waals surface area contributed by atoms with Crippen LogP contribution in [0.2, 0.25) is 0 Å². The van der Waals surface area contributed by atoms with E-state index in [1.807, 2.05) is 35.4 Å². The van der Waals surface area contributed by atoms with Crippen LogP contribution in [0, 0.1) is 0 Å². The molecule has 1 saturated heterocycles. The van der Waals surface area contributed by atoms with Crippen molar-refractivity contribution in [2.45, 2.75) is 31.1 Å². The number of carbonyl (C=O) groups excluding carboxylic acids is 1. The van der Waals surface area contributed by atoms with E-state index >= 15 is 0 Å². The highest BCUT2D eigenvalue weighted by Crippen LogP contribution is 2.39. The zero-order valence-corrected chi connectivity index (χ0v) is 13.2. The number of amides is 1. The van der Waals surface area contributed by atoms with Gasteiger partial charge in [0.15, 0.2) is 5.82 Å². The third-order valence-electron chi connectivity index (χ3n) is 5.02. The number of H-pyrrole nitrogens is 1. The monoisotopic (exact) mass is 322 g/mol. The van der Waals surface area contributed by atoms with Crippen molar-refractivity contribution in [1.29, 1.82) is 0 Å². The third kappa shape index (κ3) is 2.29. The van der Waals surface area contributed by atoms with Gasteiger partial charge in [-0.25, -0.2) is 0 Å². The van der Waals surface area contributed by atoms with E-state index in [4.69, 9.17) is 4.52 Å². The minimum absolute atomic E-state index is 0.0755. The Bertz CT molecular complexity index is 909. The fourth-order valence-corrected chi connectivity index (χ4v) is 3.43. The summed E-state index contributed by atoms with van der Waals surface area (Å²) < 4.78 is 5.35. The van der Waals surface area contributed by atoms with Crippen molar-refractivity contribution < 1.29 is 9.32 Å². The summed E-state index contributed by atoms with van der Waals surface area (Å²) in [4.78, 5) is 22.3. The summed E-state index contributed by atoms with van der Waals surface area (Å²) in [5, 5.41) is 5.19. The van der Waals surface area contributed by atoms with Gasteiger partial charge in [0, 0.05) is 47.6 Å². The molecule has 1 saturated carbocycles. The number of hydrogen-bond acceptors (Lipinski definition) is 4. The van der Waals surface area contributed by atoms with Gasteiger partial charge in [0.05, 0.1) is 0 Å². The topological polar surface area (TPSA) is 75.0 Å². The van der Waals surface area contributed by atoms with Gasteiger partial charge in [-0.2, -0.15) is 4.98 Å². The van der Waals surface area contributed by atoms with Crippen molar-refractivity contribution in [3.8, 4) is 0 Å². The molecule has 2 fully saturated rings. The smallest absolute Gasteiger partial charge is 0.253 e. The van der Waals surface area contributed by atoms with E-state index in [1.165, 1.54) is 0 Å². The molecule has 24 heavy (non-hydrogen) atoms. The zero-order chi connectivity index (χ0) is 16.1. The maximum Gasteiger partial charge on any atom is 0.253 e. The molecule has 1 atom stereocenters. The predicted molar refractivity (Wildman–Crippen MR) is 87.8 cm³/mol. The molecule has 1 N–H and O–H groups in total. The van der Waals surface area contributed by atoms with E-state index in [1.54, 1.807) is 0 Å². The molecule has 5 rings (SSSR count).